The summed E-state index contributed by atoms with van der Waals surface area (Å²) in [6.07, 6.45) is 3.63. The van der Waals surface area contributed by atoms with Gasteiger partial charge in [0, 0.05) is 38.8 Å². The van der Waals surface area contributed by atoms with Crippen LogP contribution in [0.1, 0.15) is 26.2 Å². The first-order valence-electron chi connectivity index (χ1n) is 6.87. The highest BCUT2D eigenvalue weighted by atomic mass is 16.2. The molecule has 2 saturated heterocycles. The van der Waals surface area contributed by atoms with Gasteiger partial charge in [0.05, 0.1) is 6.54 Å². The number of likely N-dealkylation sites (tertiary alicyclic amines) is 1. The van der Waals surface area contributed by atoms with Gasteiger partial charge in [0.1, 0.15) is 0 Å². The van der Waals surface area contributed by atoms with E-state index in [0.717, 1.165) is 32.7 Å². The average molecular weight is 239 g/mol. The fraction of sp³-hybridized carbons (Fsp3) is 0.923. The van der Waals surface area contributed by atoms with Gasteiger partial charge in [0.2, 0.25) is 5.91 Å². The van der Waals surface area contributed by atoms with E-state index in [1.54, 1.807) is 0 Å². The topological polar surface area (TPSA) is 26.8 Å². The molecule has 0 saturated carbocycles. The quantitative estimate of drug-likeness (QED) is 0.707. The van der Waals surface area contributed by atoms with Crippen LogP contribution in [-0.4, -0.2) is 73.0 Å². The van der Waals surface area contributed by atoms with Crippen LogP contribution in [0.15, 0.2) is 0 Å². The molecule has 2 rings (SSSR count). The van der Waals surface area contributed by atoms with E-state index in [-0.39, 0.29) is 0 Å². The maximum Gasteiger partial charge on any atom is 0.236 e. The van der Waals surface area contributed by atoms with Gasteiger partial charge in [-0.3, -0.25) is 9.69 Å². The number of amides is 1. The highest BCUT2D eigenvalue weighted by Gasteiger charge is 2.25. The molecule has 1 amide bonds. The zero-order valence-corrected chi connectivity index (χ0v) is 11.2. The second-order valence-electron chi connectivity index (χ2n) is 5.51. The van der Waals surface area contributed by atoms with Crippen molar-refractivity contribution in [3.63, 3.8) is 0 Å². The minimum atomic E-state index is 0.335. The van der Waals surface area contributed by atoms with Crippen molar-refractivity contribution in [3.05, 3.63) is 0 Å². The summed E-state index contributed by atoms with van der Waals surface area (Å²) in [4.78, 5) is 18.9. The Morgan fingerprint density at radius 2 is 1.82 bits per heavy atom. The fourth-order valence-corrected chi connectivity index (χ4v) is 2.76. The third kappa shape index (κ3) is 3.42. The zero-order valence-electron chi connectivity index (χ0n) is 11.2. The molecule has 1 unspecified atom stereocenters. The van der Waals surface area contributed by atoms with Gasteiger partial charge in [-0.1, -0.05) is 0 Å². The van der Waals surface area contributed by atoms with Crippen molar-refractivity contribution in [2.75, 3.05) is 46.3 Å². The van der Waals surface area contributed by atoms with Crippen molar-refractivity contribution in [1.29, 1.82) is 0 Å². The number of carbonyl (C=O) groups excluding carboxylic acids is 1. The lowest BCUT2D eigenvalue weighted by atomic mass is 10.0. The molecule has 4 nitrogen and oxygen atoms in total. The van der Waals surface area contributed by atoms with Crippen molar-refractivity contribution < 1.29 is 4.79 Å². The van der Waals surface area contributed by atoms with Crippen LogP contribution in [0.2, 0.25) is 0 Å². The molecular formula is C13H25N3O. The lowest BCUT2D eigenvalue weighted by Crippen LogP contribution is -2.51. The van der Waals surface area contributed by atoms with Crippen LogP contribution in [0, 0.1) is 0 Å². The highest BCUT2D eigenvalue weighted by Crippen LogP contribution is 2.16. The molecule has 2 aliphatic rings. The van der Waals surface area contributed by atoms with Crippen molar-refractivity contribution >= 4 is 5.91 Å². The van der Waals surface area contributed by atoms with E-state index in [1.807, 2.05) is 0 Å². The first kappa shape index (κ1) is 12.8. The molecule has 0 aromatic heterocycles. The van der Waals surface area contributed by atoms with Crippen LogP contribution in [-0.2, 0) is 4.79 Å². The van der Waals surface area contributed by atoms with Gasteiger partial charge in [0.15, 0.2) is 0 Å². The van der Waals surface area contributed by atoms with Gasteiger partial charge < -0.3 is 9.80 Å². The molecule has 2 heterocycles. The second-order valence-corrected chi connectivity index (χ2v) is 5.51. The number of hydrogen-bond donors (Lipinski definition) is 0. The van der Waals surface area contributed by atoms with Gasteiger partial charge in [-0.15, -0.1) is 0 Å². The Labute approximate surface area is 105 Å². The number of piperidine rings is 1. The number of likely N-dealkylation sites (N-methyl/N-ethyl adjacent to an activating group) is 1. The summed E-state index contributed by atoms with van der Waals surface area (Å²) in [5.41, 5.74) is 0. The van der Waals surface area contributed by atoms with Gasteiger partial charge >= 0.3 is 0 Å². The molecule has 0 aliphatic carbocycles. The largest absolute Gasteiger partial charge is 0.339 e. The van der Waals surface area contributed by atoms with Gasteiger partial charge in [-0.05, 0) is 33.2 Å². The van der Waals surface area contributed by atoms with Crippen LogP contribution in [0.3, 0.4) is 0 Å². The second kappa shape index (κ2) is 5.83. The Morgan fingerprint density at radius 3 is 2.47 bits per heavy atom. The lowest BCUT2D eigenvalue weighted by molar-refractivity contribution is -0.136. The van der Waals surface area contributed by atoms with Crippen LogP contribution in [0.25, 0.3) is 0 Å². The average Bonchev–Trinajstić information content (AvgIpc) is 2.32. The predicted molar refractivity (Wildman–Crippen MR) is 69.0 cm³/mol. The first-order chi connectivity index (χ1) is 8.16. The monoisotopic (exact) mass is 239 g/mol. The van der Waals surface area contributed by atoms with Crippen LogP contribution in [0.5, 0.6) is 0 Å². The molecule has 98 valence electrons. The SMILES string of the molecule is CC1CCCCN1C(=O)CN1CCN(C)CC1. The number of hydrogen-bond acceptors (Lipinski definition) is 3. The van der Waals surface area contributed by atoms with Crippen molar-refractivity contribution in [2.24, 2.45) is 0 Å². The first-order valence-corrected chi connectivity index (χ1v) is 6.87. The minimum Gasteiger partial charge on any atom is -0.339 e. The molecule has 17 heavy (non-hydrogen) atoms. The Balaban J connectivity index is 1.79. The van der Waals surface area contributed by atoms with E-state index < -0.39 is 0 Å². The molecule has 0 bridgehead atoms. The van der Waals surface area contributed by atoms with E-state index in [9.17, 15) is 4.79 Å². The van der Waals surface area contributed by atoms with Gasteiger partial charge in [-0.2, -0.15) is 0 Å². The molecule has 0 aromatic rings. The molecule has 0 N–H and O–H groups in total. The zero-order chi connectivity index (χ0) is 12.3. The Bertz CT molecular complexity index is 261. The molecule has 0 spiro atoms. The molecule has 2 aliphatic heterocycles. The normalized spacial score (nSPS) is 28.4. The Hall–Kier alpha value is -0.610. The van der Waals surface area contributed by atoms with Gasteiger partial charge in [-0.25, -0.2) is 0 Å². The number of carbonyl (C=O) groups is 1. The third-order valence-electron chi connectivity index (χ3n) is 4.08. The van der Waals surface area contributed by atoms with E-state index in [4.69, 9.17) is 0 Å². The molecule has 0 radical (unpaired) electrons. The maximum atomic E-state index is 12.2. The van der Waals surface area contributed by atoms with E-state index in [2.05, 4.69) is 28.7 Å². The van der Waals surface area contributed by atoms with Gasteiger partial charge in [0.25, 0.3) is 0 Å². The van der Waals surface area contributed by atoms with Crippen LogP contribution in [0.4, 0.5) is 0 Å². The fourth-order valence-electron chi connectivity index (χ4n) is 2.76. The molecule has 0 aromatic carbocycles. The Morgan fingerprint density at radius 1 is 1.12 bits per heavy atom. The smallest absolute Gasteiger partial charge is 0.236 e. The van der Waals surface area contributed by atoms with Crippen molar-refractivity contribution in [3.8, 4) is 0 Å². The molecular weight excluding hydrogens is 214 g/mol. The lowest BCUT2D eigenvalue weighted by Gasteiger charge is -2.37. The Kier molecular flexibility index (Phi) is 4.40. The van der Waals surface area contributed by atoms with Crippen molar-refractivity contribution in [2.45, 2.75) is 32.2 Å². The van der Waals surface area contributed by atoms with E-state index in [0.29, 0.717) is 18.5 Å². The summed E-state index contributed by atoms with van der Waals surface area (Å²) in [5.74, 6) is 0.335. The highest BCUT2D eigenvalue weighted by molar-refractivity contribution is 5.78. The summed E-state index contributed by atoms with van der Waals surface area (Å²) in [6, 6.07) is 0.448. The number of rotatable bonds is 2. The van der Waals surface area contributed by atoms with Crippen LogP contribution >= 0.6 is 0 Å². The summed E-state index contributed by atoms with van der Waals surface area (Å²) >= 11 is 0. The number of piperazine rings is 1. The number of nitrogens with zero attached hydrogens (tertiary/aromatic N) is 3. The standard InChI is InChI=1S/C13H25N3O/c1-12-5-3-4-6-16(12)13(17)11-15-9-7-14(2)8-10-15/h12H,3-11H2,1-2H3. The maximum absolute atomic E-state index is 12.2. The van der Waals surface area contributed by atoms with Crippen molar-refractivity contribution in [1.82, 2.24) is 14.7 Å². The predicted octanol–water partition coefficient (Wildman–Crippen LogP) is 0.635. The molecule has 1 atom stereocenters. The van der Waals surface area contributed by atoms with Crippen LogP contribution < -0.4 is 0 Å². The summed E-state index contributed by atoms with van der Waals surface area (Å²) in [6.45, 7) is 8.01. The summed E-state index contributed by atoms with van der Waals surface area (Å²) in [7, 11) is 2.14. The summed E-state index contributed by atoms with van der Waals surface area (Å²) < 4.78 is 0. The molecule has 2 fully saturated rings. The minimum absolute atomic E-state index is 0.335. The van der Waals surface area contributed by atoms with E-state index >= 15 is 0 Å². The molecule has 4 heteroatoms. The summed E-state index contributed by atoms with van der Waals surface area (Å²) in [5, 5.41) is 0. The third-order valence-corrected chi connectivity index (χ3v) is 4.08. The van der Waals surface area contributed by atoms with E-state index in [1.165, 1.54) is 19.3 Å².